The number of fused-ring (bicyclic) bond motifs is 1. The van der Waals surface area contributed by atoms with Gasteiger partial charge in [-0.3, -0.25) is 10.0 Å². The molecule has 2 aliphatic rings. The molecule has 2 aliphatic heterocycles. The normalized spacial score (nSPS) is 18.2. The van der Waals surface area contributed by atoms with E-state index in [9.17, 15) is 10.0 Å². The summed E-state index contributed by atoms with van der Waals surface area (Å²) in [7, 11) is 0. The Morgan fingerprint density at radius 1 is 1.24 bits per heavy atom. The minimum atomic E-state index is -0.499. The minimum absolute atomic E-state index is 0.0324. The summed E-state index contributed by atoms with van der Waals surface area (Å²) in [5, 5.41) is 17.8. The summed E-state index contributed by atoms with van der Waals surface area (Å²) in [5.41, 5.74) is 9.01. The van der Waals surface area contributed by atoms with E-state index in [0.717, 1.165) is 31.1 Å². The van der Waals surface area contributed by atoms with Crippen LogP contribution in [-0.2, 0) is 6.42 Å². The Kier molecular flexibility index (Phi) is 5.86. The quantitative estimate of drug-likeness (QED) is 0.382. The van der Waals surface area contributed by atoms with E-state index in [0.29, 0.717) is 11.3 Å². The molecule has 5 N–H and O–H groups in total. The molecule has 0 radical (unpaired) electrons. The van der Waals surface area contributed by atoms with Crippen molar-refractivity contribution in [2.75, 3.05) is 6.54 Å². The van der Waals surface area contributed by atoms with Crippen LogP contribution >= 0.6 is 27.3 Å². The first kappa shape index (κ1) is 19.9. The van der Waals surface area contributed by atoms with Crippen molar-refractivity contribution in [3.8, 4) is 0 Å². The van der Waals surface area contributed by atoms with Crippen LogP contribution in [0.3, 0.4) is 0 Å². The molecule has 8 heteroatoms. The van der Waals surface area contributed by atoms with Gasteiger partial charge in [0.2, 0.25) is 0 Å². The summed E-state index contributed by atoms with van der Waals surface area (Å²) in [6.45, 7) is 0.165. The average molecular weight is 473 g/mol. The number of carbonyl (C=O) groups is 1. The topological polar surface area (TPSA) is 90.6 Å². The number of nitrogens with one attached hydrogen (secondary N) is 2. The Hall–Kier alpha value is -2.39. The highest BCUT2D eigenvalue weighted by Crippen LogP contribution is 2.38. The molecule has 6 nitrogen and oxygen atoms in total. The van der Waals surface area contributed by atoms with Crippen molar-refractivity contribution in [1.29, 1.82) is 0 Å². The molecule has 150 valence electrons. The van der Waals surface area contributed by atoms with Gasteiger partial charge in [-0.25, -0.2) is 5.06 Å². The van der Waals surface area contributed by atoms with E-state index in [1.807, 2.05) is 54.9 Å². The zero-order valence-corrected chi connectivity index (χ0v) is 17.9. The predicted molar refractivity (Wildman–Crippen MR) is 118 cm³/mol. The van der Waals surface area contributed by atoms with Crippen LogP contribution in [0, 0.1) is 0 Å². The van der Waals surface area contributed by atoms with Crippen LogP contribution in [0.15, 0.2) is 71.0 Å². The Morgan fingerprint density at radius 3 is 2.69 bits per heavy atom. The second-order valence-corrected chi connectivity index (χ2v) is 8.73. The highest BCUT2D eigenvalue weighted by atomic mass is 79.9. The van der Waals surface area contributed by atoms with Gasteiger partial charge in [-0.2, -0.15) is 0 Å². The van der Waals surface area contributed by atoms with Gasteiger partial charge in [0.15, 0.2) is 0 Å². The van der Waals surface area contributed by atoms with E-state index in [1.165, 1.54) is 11.3 Å². The lowest BCUT2D eigenvalue weighted by Crippen LogP contribution is -2.43. The van der Waals surface area contributed by atoms with Crippen LogP contribution in [0.5, 0.6) is 0 Å². The number of dihydropyridines is 1. The molecule has 2 unspecified atom stereocenters. The number of allylic oxidation sites excluding steroid dienone is 2. The van der Waals surface area contributed by atoms with Gasteiger partial charge in [0.05, 0.1) is 10.9 Å². The first-order valence-corrected chi connectivity index (χ1v) is 10.8. The third-order valence-corrected chi connectivity index (χ3v) is 6.99. The summed E-state index contributed by atoms with van der Waals surface area (Å²) in [6.07, 6.45) is 8.32. The number of hydrogen-bond acceptors (Lipinski definition) is 6. The third kappa shape index (κ3) is 4.02. The molecule has 29 heavy (non-hydrogen) atoms. The summed E-state index contributed by atoms with van der Waals surface area (Å²) in [5.74, 6) is -0.450. The standard InChI is InChI=1S/C21H21BrN4O2S/c22-17-11-18(29-19(17)15-6-8-24-20-16(15)7-9-25-20)21(27)26(28)14(12-23)10-13-4-2-1-3-5-13/h1-9,11,14,20,24-25,28H,10,12,23H2. The van der Waals surface area contributed by atoms with Crippen LogP contribution in [0.2, 0.25) is 0 Å². The van der Waals surface area contributed by atoms with Gasteiger partial charge < -0.3 is 16.4 Å². The molecule has 0 spiro atoms. The molecule has 0 bridgehead atoms. The summed E-state index contributed by atoms with van der Waals surface area (Å²) in [4.78, 5) is 14.3. The minimum Gasteiger partial charge on any atom is -0.368 e. The van der Waals surface area contributed by atoms with Gasteiger partial charge in [-0.15, -0.1) is 11.3 Å². The maximum Gasteiger partial charge on any atom is 0.287 e. The number of hydroxylamine groups is 2. The fourth-order valence-corrected chi connectivity index (χ4v) is 5.29. The molecule has 3 heterocycles. The average Bonchev–Trinajstić information content (AvgIpc) is 3.38. The number of amides is 1. The first-order valence-electron chi connectivity index (χ1n) is 9.24. The molecule has 0 fully saturated rings. The zero-order valence-electron chi connectivity index (χ0n) is 15.5. The highest BCUT2D eigenvalue weighted by molar-refractivity contribution is 9.10. The third-order valence-electron chi connectivity index (χ3n) is 4.94. The molecule has 0 aliphatic carbocycles. The van der Waals surface area contributed by atoms with Crippen molar-refractivity contribution in [1.82, 2.24) is 15.7 Å². The molecule has 2 aromatic rings. The molecule has 1 amide bonds. The van der Waals surface area contributed by atoms with Gasteiger partial charge >= 0.3 is 0 Å². The van der Waals surface area contributed by atoms with Crippen molar-refractivity contribution < 1.29 is 10.0 Å². The highest BCUT2D eigenvalue weighted by Gasteiger charge is 2.28. The van der Waals surface area contributed by atoms with Crippen LogP contribution in [-0.4, -0.2) is 34.9 Å². The second kappa shape index (κ2) is 8.54. The number of thiophene rings is 1. The molecule has 1 aromatic heterocycles. The summed E-state index contributed by atoms with van der Waals surface area (Å²) in [6, 6.07) is 11.0. The zero-order chi connectivity index (χ0) is 20.4. The molecule has 1 aromatic carbocycles. The summed E-state index contributed by atoms with van der Waals surface area (Å²) < 4.78 is 0.819. The van der Waals surface area contributed by atoms with Crippen LogP contribution in [0.4, 0.5) is 0 Å². The molecule has 0 saturated heterocycles. The van der Waals surface area contributed by atoms with Gasteiger partial charge in [0.1, 0.15) is 6.17 Å². The van der Waals surface area contributed by atoms with E-state index >= 15 is 0 Å². The lowest BCUT2D eigenvalue weighted by atomic mass is 10.0. The number of benzene rings is 1. The van der Waals surface area contributed by atoms with Crippen molar-refractivity contribution in [3.05, 3.63) is 86.3 Å². The van der Waals surface area contributed by atoms with Crippen molar-refractivity contribution >= 4 is 38.7 Å². The Morgan fingerprint density at radius 2 is 1.97 bits per heavy atom. The number of nitrogens with two attached hydrogens (primary N) is 1. The second-order valence-electron chi connectivity index (χ2n) is 6.82. The SMILES string of the molecule is NCC(Cc1ccccc1)N(O)C(=O)c1cc(Br)c(C2=C3C=CNC3NC=C2)s1. The van der Waals surface area contributed by atoms with E-state index in [2.05, 4.69) is 26.6 Å². The Bertz CT molecular complexity index is 999. The predicted octanol–water partition coefficient (Wildman–Crippen LogP) is 3.23. The van der Waals surface area contributed by atoms with Gasteiger partial charge in [0, 0.05) is 27.0 Å². The van der Waals surface area contributed by atoms with E-state index < -0.39 is 11.9 Å². The number of rotatable bonds is 6. The number of nitrogens with zero attached hydrogens (tertiary/aromatic N) is 1. The van der Waals surface area contributed by atoms with Gasteiger partial charge in [0.25, 0.3) is 5.91 Å². The monoisotopic (exact) mass is 472 g/mol. The van der Waals surface area contributed by atoms with Crippen molar-refractivity contribution in [2.24, 2.45) is 5.73 Å². The first-order chi connectivity index (χ1) is 14.1. The lowest BCUT2D eigenvalue weighted by molar-refractivity contribution is -0.0856. The Balaban J connectivity index is 1.57. The molecular formula is C21H21BrN4O2S. The van der Waals surface area contributed by atoms with E-state index in [-0.39, 0.29) is 12.7 Å². The number of hydrogen-bond donors (Lipinski definition) is 4. The van der Waals surface area contributed by atoms with Crippen LogP contribution in [0.1, 0.15) is 20.1 Å². The van der Waals surface area contributed by atoms with E-state index in [1.54, 1.807) is 6.07 Å². The molecular weight excluding hydrogens is 452 g/mol. The molecule has 4 rings (SSSR count). The Labute approximate surface area is 181 Å². The number of carbonyl (C=O) groups excluding carboxylic acids is 1. The van der Waals surface area contributed by atoms with Crippen molar-refractivity contribution in [2.45, 2.75) is 18.6 Å². The van der Waals surface area contributed by atoms with Gasteiger partial charge in [-0.05, 0) is 58.5 Å². The van der Waals surface area contributed by atoms with Gasteiger partial charge in [-0.1, -0.05) is 30.3 Å². The smallest absolute Gasteiger partial charge is 0.287 e. The largest absolute Gasteiger partial charge is 0.368 e. The maximum atomic E-state index is 12.9. The molecule has 0 saturated carbocycles. The fourth-order valence-electron chi connectivity index (χ4n) is 3.43. The van der Waals surface area contributed by atoms with Crippen molar-refractivity contribution in [3.63, 3.8) is 0 Å². The van der Waals surface area contributed by atoms with Crippen LogP contribution in [0.25, 0.3) is 5.57 Å². The lowest BCUT2D eigenvalue weighted by Gasteiger charge is -2.24. The molecule has 2 atom stereocenters. The fraction of sp³-hybridized carbons (Fsp3) is 0.190. The van der Waals surface area contributed by atoms with Crippen LogP contribution < -0.4 is 16.4 Å². The number of halogens is 1. The summed E-state index contributed by atoms with van der Waals surface area (Å²) >= 11 is 4.92. The maximum absolute atomic E-state index is 12.9. The van der Waals surface area contributed by atoms with E-state index in [4.69, 9.17) is 5.73 Å².